The van der Waals surface area contributed by atoms with Gasteiger partial charge in [-0.05, 0) is 30.3 Å². The Morgan fingerprint density at radius 1 is 1.30 bits per heavy atom. The summed E-state index contributed by atoms with van der Waals surface area (Å²) in [5.74, 6) is -1.06. The molecule has 5 N–H and O–H groups in total. The number of hydrogen-bond donors (Lipinski definition) is 3. The summed E-state index contributed by atoms with van der Waals surface area (Å²) in [6, 6.07) is 7.94. The Morgan fingerprint density at radius 3 is 2.55 bits per heavy atom. The molecule has 1 aromatic carbocycles. The lowest BCUT2D eigenvalue weighted by molar-refractivity contribution is -0.123. The summed E-state index contributed by atoms with van der Waals surface area (Å²) >= 11 is 0. The predicted molar refractivity (Wildman–Crippen MR) is 74.0 cm³/mol. The summed E-state index contributed by atoms with van der Waals surface area (Å²) < 4.78 is 1.70. The molecule has 0 saturated carbocycles. The fourth-order valence-corrected chi connectivity index (χ4v) is 1.66. The van der Waals surface area contributed by atoms with E-state index in [9.17, 15) is 9.59 Å². The molecule has 1 atom stereocenters. The number of benzene rings is 1. The number of amides is 2. The number of rotatable bonds is 5. The molecule has 20 heavy (non-hydrogen) atoms. The quantitative estimate of drug-likeness (QED) is 0.711. The lowest BCUT2D eigenvalue weighted by Crippen LogP contribution is -2.38. The van der Waals surface area contributed by atoms with E-state index >= 15 is 0 Å². The Kier molecular flexibility index (Phi) is 4.11. The summed E-state index contributed by atoms with van der Waals surface area (Å²) in [7, 11) is 0. The Balaban J connectivity index is 2.00. The number of aromatic nitrogens is 2. The monoisotopic (exact) mass is 273 g/mol. The van der Waals surface area contributed by atoms with Gasteiger partial charge in [-0.2, -0.15) is 5.10 Å². The van der Waals surface area contributed by atoms with Crippen LogP contribution in [-0.4, -0.2) is 27.6 Å². The minimum Gasteiger partial charge on any atom is -0.370 e. The predicted octanol–water partition coefficient (Wildman–Crippen LogP) is 0.0135. The topological polar surface area (TPSA) is 116 Å². The van der Waals surface area contributed by atoms with Crippen LogP contribution in [0, 0.1) is 0 Å². The van der Waals surface area contributed by atoms with Gasteiger partial charge in [-0.25, -0.2) is 4.68 Å². The van der Waals surface area contributed by atoms with Gasteiger partial charge in [0.15, 0.2) is 0 Å². The summed E-state index contributed by atoms with van der Waals surface area (Å²) in [6.45, 7) is 0. The Bertz CT molecular complexity index is 592. The maximum absolute atomic E-state index is 11.7. The first-order valence-electron chi connectivity index (χ1n) is 6.01. The Labute approximate surface area is 115 Å². The van der Waals surface area contributed by atoms with E-state index in [1.54, 1.807) is 23.0 Å². The molecule has 2 aromatic rings. The van der Waals surface area contributed by atoms with Gasteiger partial charge in [0.2, 0.25) is 11.8 Å². The molecule has 2 rings (SSSR count). The van der Waals surface area contributed by atoms with E-state index in [2.05, 4.69) is 10.4 Å². The van der Waals surface area contributed by atoms with Gasteiger partial charge in [0, 0.05) is 18.1 Å². The molecule has 0 aliphatic rings. The van der Waals surface area contributed by atoms with E-state index in [1.165, 1.54) is 0 Å². The van der Waals surface area contributed by atoms with Gasteiger partial charge in [-0.3, -0.25) is 9.59 Å². The highest BCUT2D eigenvalue weighted by atomic mass is 16.2. The SMILES string of the molecule is NC(=O)CC(N)C(=O)Nc1ccc(-n2cccn2)cc1. The highest BCUT2D eigenvalue weighted by Gasteiger charge is 2.15. The Morgan fingerprint density at radius 2 is 2.00 bits per heavy atom. The number of nitrogens with two attached hydrogens (primary N) is 2. The van der Waals surface area contributed by atoms with Crippen molar-refractivity contribution in [3.8, 4) is 5.69 Å². The molecule has 7 heteroatoms. The van der Waals surface area contributed by atoms with Gasteiger partial charge in [0.1, 0.15) is 0 Å². The third-order valence-electron chi connectivity index (χ3n) is 2.66. The average Bonchev–Trinajstić information content (AvgIpc) is 2.92. The van der Waals surface area contributed by atoms with Crippen molar-refractivity contribution in [1.82, 2.24) is 9.78 Å². The molecule has 7 nitrogen and oxygen atoms in total. The molecular formula is C13H15N5O2. The van der Waals surface area contributed by atoms with E-state index in [-0.39, 0.29) is 6.42 Å². The molecule has 0 saturated heterocycles. The summed E-state index contributed by atoms with van der Waals surface area (Å²) in [5, 5.41) is 6.71. The summed E-state index contributed by atoms with van der Waals surface area (Å²) in [6.07, 6.45) is 3.31. The van der Waals surface area contributed by atoms with Crippen LogP contribution in [-0.2, 0) is 9.59 Å². The number of nitrogens with zero attached hydrogens (tertiary/aromatic N) is 2. The first-order valence-corrected chi connectivity index (χ1v) is 6.01. The first kappa shape index (κ1) is 13.8. The van der Waals surface area contributed by atoms with Gasteiger partial charge < -0.3 is 16.8 Å². The van der Waals surface area contributed by atoms with Gasteiger partial charge in [-0.1, -0.05) is 0 Å². The molecule has 104 valence electrons. The van der Waals surface area contributed by atoms with Crippen molar-refractivity contribution < 1.29 is 9.59 Å². The number of nitrogens with one attached hydrogen (secondary N) is 1. The lowest BCUT2D eigenvalue weighted by Gasteiger charge is -2.11. The second kappa shape index (κ2) is 5.98. The van der Waals surface area contributed by atoms with E-state index in [4.69, 9.17) is 11.5 Å². The van der Waals surface area contributed by atoms with Crippen molar-refractivity contribution in [3.05, 3.63) is 42.7 Å². The molecule has 0 aliphatic heterocycles. The second-order valence-corrected chi connectivity index (χ2v) is 4.26. The van der Waals surface area contributed by atoms with E-state index < -0.39 is 17.9 Å². The minimum atomic E-state index is -0.946. The Hall–Kier alpha value is -2.67. The van der Waals surface area contributed by atoms with Crippen LogP contribution in [0.25, 0.3) is 5.69 Å². The number of carbonyl (C=O) groups is 2. The summed E-state index contributed by atoms with van der Waals surface area (Å²) in [4.78, 5) is 22.4. The van der Waals surface area contributed by atoms with Crippen molar-refractivity contribution >= 4 is 17.5 Å². The largest absolute Gasteiger partial charge is 0.370 e. The van der Waals surface area contributed by atoms with Crippen LogP contribution in [0.15, 0.2) is 42.7 Å². The molecule has 0 spiro atoms. The third-order valence-corrected chi connectivity index (χ3v) is 2.66. The number of hydrogen-bond acceptors (Lipinski definition) is 4. The van der Waals surface area contributed by atoms with Crippen LogP contribution in [0.5, 0.6) is 0 Å². The first-order chi connectivity index (χ1) is 9.56. The maximum Gasteiger partial charge on any atom is 0.241 e. The zero-order valence-electron chi connectivity index (χ0n) is 10.7. The van der Waals surface area contributed by atoms with Crippen LogP contribution >= 0.6 is 0 Å². The molecule has 1 aromatic heterocycles. The normalized spacial score (nSPS) is 11.8. The smallest absolute Gasteiger partial charge is 0.241 e. The van der Waals surface area contributed by atoms with E-state index in [0.29, 0.717) is 5.69 Å². The van der Waals surface area contributed by atoms with Gasteiger partial charge in [0.05, 0.1) is 18.2 Å². The average molecular weight is 273 g/mol. The van der Waals surface area contributed by atoms with Crippen LogP contribution < -0.4 is 16.8 Å². The van der Waals surface area contributed by atoms with Crippen molar-refractivity contribution in [1.29, 1.82) is 0 Å². The van der Waals surface area contributed by atoms with E-state index in [0.717, 1.165) is 5.69 Å². The zero-order valence-corrected chi connectivity index (χ0v) is 10.7. The van der Waals surface area contributed by atoms with Gasteiger partial charge in [0.25, 0.3) is 0 Å². The van der Waals surface area contributed by atoms with Crippen LogP contribution in [0.4, 0.5) is 5.69 Å². The van der Waals surface area contributed by atoms with Crippen molar-refractivity contribution in [2.45, 2.75) is 12.5 Å². The molecule has 1 unspecified atom stereocenters. The maximum atomic E-state index is 11.7. The third kappa shape index (κ3) is 3.42. The van der Waals surface area contributed by atoms with Gasteiger partial charge in [-0.15, -0.1) is 0 Å². The van der Waals surface area contributed by atoms with Crippen molar-refractivity contribution in [2.75, 3.05) is 5.32 Å². The highest BCUT2D eigenvalue weighted by Crippen LogP contribution is 2.12. The van der Waals surface area contributed by atoms with Crippen LogP contribution in [0.1, 0.15) is 6.42 Å². The highest BCUT2D eigenvalue weighted by molar-refractivity contribution is 5.97. The van der Waals surface area contributed by atoms with Gasteiger partial charge >= 0.3 is 0 Å². The number of primary amides is 1. The standard InChI is InChI=1S/C13H15N5O2/c14-11(8-12(15)19)13(20)17-9-2-4-10(5-3-9)18-7-1-6-16-18/h1-7,11H,8,14H2,(H2,15,19)(H,17,20). The molecule has 0 fully saturated rings. The molecule has 0 bridgehead atoms. The number of anilines is 1. The summed E-state index contributed by atoms with van der Waals surface area (Å²) in [5.41, 5.74) is 12.0. The second-order valence-electron chi connectivity index (χ2n) is 4.26. The molecule has 0 aliphatic carbocycles. The molecule has 1 heterocycles. The van der Waals surface area contributed by atoms with Crippen molar-refractivity contribution in [3.63, 3.8) is 0 Å². The molecular weight excluding hydrogens is 258 g/mol. The number of carbonyl (C=O) groups excluding carboxylic acids is 2. The van der Waals surface area contributed by atoms with Crippen molar-refractivity contribution in [2.24, 2.45) is 11.5 Å². The fraction of sp³-hybridized carbons (Fsp3) is 0.154. The van der Waals surface area contributed by atoms with Crippen LogP contribution in [0.3, 0.4) is 0 Å². The zero-order chi connectivity index (χ0) is 14.5. The fourth-order valence-electron chi connectivity index (χ4n) is 1.66. The van der Waals surface area contributed by atoms with E-state index in [1.807, 2.05) is 24.4 Å². The molecule has 2 amide bonds. The minimum absolute atomic E-state index is 0.183. The van der Waals surface area contributed by atoms with Crippen LogP contribution in [0.2, 0.25) is 0 Å². The lowest BCUT2D eigenvalue weighted by atomic mass is 10.2. The molecule has 0 radical (unpaired) electrons.